The summed E-state index contributed by atoms with van der Waals surface area (Å²) in [6.45, 7) is 6.96. The maximum atomic E-state index is 11.9. The van der Waals surface area contributed by atoms with Crippen molar-refractivity contribution in [2.75, 3.05) is 18.2 Å². The van der Waals surface area contributed by atoms with Crippen LogP contribution >= 0.6 is 0 Å². The third kappa shape index (κ3) is 3.18. The first-order chi connectivity index (χ1) is 9.52. The first kappa shape index (κ1) is 16.6. The minimum atomic E-state index is -0.887. The fraction of sp³-hybridized carbons (Fsp3) is 0.583. The van der Waals surface area contributed by atoms with Gasteiger partial charge in [-0.25, -0.2) is 4.98 Å². The molecule has 116 valence electrons. The standard InChI is InChI=1S/C12H19N5O4/c1-11(2,9(18)21-5)12(3,4)16-10-14-6-7(17(19)20)8(13)15-10/h6H,1-5H3,(H3,13,14,15,16). The molecule has 3 N–H and O–H groups in total. The normalized spacial score (nSPS) is 11.9. The van der Waals surface area contributed by atoms with Crippen LogP contribution in [0.4, 0.5) is 17.5 Å². The maximum Gasteiger partial charge on any atom is 0.329 e. The lowest BCUT2D eigenvalue weighted by atomic mass is 9.74. The van der Waals surface area contributed by atoms with Gasteiger partial charge in [0.2, 0.25) is 11.8 Å². The maximum absolute atomic E-state index is 11.9. The summed E-state index contributed by atoms with van der Waals surface area (Å²) in [5.41, 5.74) is 3.48. The van der Waals surface area contributed by atoms with Gasteiger partial charge in [-0.2, -0.15) is 4.98 Å². The second-order valence-electron chi connectivity index (χ2n) is 5.59. The molecule has 0 saturated heterocycles. The lowest BCUT2D eigenvalue weighted by Gasteiger charge is -2.39. The zero-order valence-corrected chi connectivity index (χ0v) is 12.6. The molecule has 21 heavy (non-hydrogen) atoms. The van der Waals surface area contributed by atoms with Gasteiger partial charge < -0.3 is 15.8 Å². The van der Waals surface area contributed by atoms with Crippen LogP contribution in [-0.2, 0) is 9.53 Å². The average Bonchev–Trinajstić information content (AvgIpc) is 2.36. The molecule has 9 heteroatoms. The summed E-state index contributed by atoms with van der Waals surface area (Å²) < 4.78 is 4.78. The van der Waals surface area contributed by atoms with Crippen LogP contribution in [0.2, 0.25) is 0 Å². The van der Waals surface area contributed by atoms with Gasteiger partial charge in [-0.1, -0.05) is 0 Å². The van der Waals surface area contributed by atoms with Crippen LogP contribution in [0.15, 0.2) is 6.20 Å². The second kappa shape index (κ2) is 5.51. The van der Waals surface area contributed by atoms with E-state index in [0.29, 0.717) is 0 Å². The number of nitrogens with zero attached hydrogens (tertiary/aromatic N) is 3. The van der Waals surface area contributed by atoms with Gasteiger partial charge in [-0.3, -0.25) is 14.9 Å². The molecule has 0 fully saturated rings. The Hall–Kier alpha value is -2.45. The highest BCUT2D eigenvalue weighted by Crippen LogP contribution is 2.34. The number of nitro groups is 1. The van der Waals surface area contributed by atoms with Crippen LogP contribution in [0, 0.1) is 15.5 Å². The molecule has 1 aromatic rings. The van der Waals surface area contributed by atoms with Gasteiger partial charge in [0.15, 0.2) is 0 Å². The van der Waals surface area contributed by atoms with E-state index in [0.717, 1.165) is 6.20 Å². The molecule has 9 nitrogen and oxygen atoms in total. The minimum absolute atomic E-state index is 0.0973. The fourth-order valence-corrected chi connectivity index (χ4v) is 1.54. The van der Waals surface area contributed by atoms with Crippen LogP contribution < -0.4 is 11.1 Å². The van der Waals surface area contributed by atoms with Crippen LogP contribution in [-0.4, -0.2) is 33.5 Å². The summed E-state index contributed by atoms with van der Waals surface area (Å²) in [7, 11) is 1.31. The Balaban J connectivity index is 3.07. The SMILES string of the molecule is COC(=O)C(C)(C)C(C)(C)Nc1ncc([N+](=O)[O-])c(N)n1. The van der Waals surface area contributed by atoms with Gasteiger partial charge in [0.1, 0.15) is 6.20 Å². The lowest BCUT2D eigenvalue weighted by Crippen LogP contribution is -2.51. The Bertz CT molecular complexity index is 571. The molecule has 0 saturated carbocycles. The summed E-state index contributed by atoms with van der Waals surface area (Å²) in [5.74, 6) is -0.556. The number of carbonyl (C=O) groups excluding carboxylic acids is 1. The van der Waals surface area contributed by atoms with Gasteiger partial charge >= 0.3 is 11.7 Å². The number of anilines is 2. The highest BCUT2D eigenvalue weighted by Gasteiger charge is 2.44. The Morgan fingerprint density at radius 3 is 2.43 bits per heavy atom. The molecule has 1 heterocycles. The summed E-state index contributed by atoms with van der Waals surface area (Å²) in [6, 6.07) is 0. The van der Waals surface area contributed by atoms with Gasteiger partial charge in [0.05, 0.1) is 23.0 Å². The number of nitrogens with two attached hydrogens (primary N) is 1. The molecule has 0 spiro atoms. The Morgan fingerprint density at radius 2 is 2.00 bits per heavy atom. The summed E-state index contributed by atoms with van der Waals surface area (Å²) in [6.07, 6.45) is 1.02. The molecule has 0 aliphatic heterocycles. The number of rotatable bonds is 5. The monoisotopic (exact) mass is 297 g/mol. The lowest BCUT2D eigenvalue weighted by molar-refractivity contribution is -0.384. The molecular formula is C12H19N5O4. The van der Waals surface area contributed by atoms with E-state index in [2.05, 4.69) is 15.3 Å². The largest absolute Gasteiger partial charge is 0.469 e. The van der Waals surface area contributed by atoms with E-state index < -0.39 is 21.8 Å². The molecule has 0 aromatic carbocycles. The smallest absolute Gasteiger partial charge is 0.329 e. The molecule has 0 amide bonds. The van der Waals surface area contributed by atoms with E-state index in [1.807, 2.05) is 0 Å². The number of hydrogen-bond donors (Lipinski definition) is 2. The molecule has 1 rings (SSSR count). The van der Waals surface area contributed by atoms with Crippen molar-refractivity contribution in [3.8, 4) is 0 Å². The summed E-state index contributed by atoms with van der Waals surface area (Å²) in [4.78, 5) is 29.6. The highest BCUT2D eigenvalue weighted by molar-refractivity contribution is 5.78. The summed E-state index contributed by atoms with van der Waals surface area (Å²) in [5, 5.41) is 13.6. The van der Waals surface area contributed by atoms with Crippen molar-refractivity contribution < 1.29 is 14.5 Å². The molecule has 0 radical (unpaired) electrons. The Kier molecular flexibility index (Phi) is 4.35. The van der Waals surface area contributed by atoms with Crippen molar-refractivity contribution in [2.45, 2.75) is 33.2 Å². The van der Waals surface area contributed by atoms with E-state index >= 15 is 0 Å². The predicted octanol–water partition coefficient (Wildman–Crippen LogP) is 1.36. The van der Waals surface area contributed by atoms with Gasteiger partial charge in [0.25, 0.3) is 0 Å². The topological polar surface area (TPSA) is 133 Å². The third-order valence-corrected chi connectivity index (χ3v) is 3.68. The van der Waals surface area contributed by atoms with Crippen molar-refractivity contribution in [3.05, 3.63) is 16.3 Å². The molecule has 0 atom stereocenters. The van der Waals surface area contributed by atoms with Gasteiger partial charge in [-0.15, -0.1) is 0 Å². The number of nitrogens with one attached hydrogen (secondary N) is 1. The second-order valence-corrected chi connectivity index (χ2v) is 5.59. The highest BCUT2D eigenvalue weighted by atomic mass is 16.6. The van der Waals surface area contributed by atoms with Crippen molar-refractivity contribution in [1.29, 1.82) is 0 Å². The molecule has 0 unspecified atom stereocenters. The fourth-order valence-electron chi connectivity index (χ4n) is 1.54. The zero-order chi connectivity index (χ0) is 16.4. The number of nitrogen functional groups attached to an aromatic ring is 1. The van der Waals surface area contributed by atoms with E-state index in [4.69, 9.17) is 10.5 Å². The minimum Gasteiger partial charge on any atom is -0.469 e. The van der Waals surface area contributed by atoms with E-state index in [1.54, 1.807) is 27.7 Å². The number of carbonyl (C=O) groups is 1. The first-order valence-electron chi connectivity index (χ1n) is 6.16. The quantitative estimate of drug-likeness (QED) is 0.472. The zero-order valence-electron chi connectivity index (χ0n) is 12.6. The summed E-state index contributed by atoms with van der Waals surface area (Å²) >= 11 is 0. The predicted molar refractivity (Wildman–Crippen MR) is 76.6 cm³/mol. The van der Waals surface area contributed by atoms with Crippen LogP contribution in [0.5, 0.6) is 0 Å². The molecule has 0 bridgehead atoms. The first-order valence-corrected chi connectivity index (χ1v) is 6.16. The Morgan fingerprint density at radius 1 is 1.43 bits per heavy atom. The van der Waals surface area contributed by atoms with Gasteiger partial charge in [-0.05, 0) is 27.7 Å². The molecule has 0 aliphatic rings. The van der Waals surface area contributed by atoms with Crippen molar-refractivity contribution in [3.63, 3.8) is 0 Å². The van der Waals surface area contributed by atoms with Crippen molar-refractivity contribution in [2.24, 2.45) is 5.41 Å². The van der Waals surface area contributed by atoms with Crippen molar-refractivity contribution >= 4 is 23.4 Å². The number of methoxy groups -OCH3 is 1. The Labute approximate surface area is 122 Å². The van der Waals surface area contributed by atoms with E-state index in [9.17, 15) is 14.9 Å². The molecule has 0 aliphatic carbocycles. The van der Waals surface area contributed by atoms with Crippen LogP contribution in [0.25, 0.3) is 0 Å². The average molecular weight is 297 g/mol. The van der Waals surface area contributed by atoms with E-state index in [-0.39, 0.29) is 17.5 Å². The van der Waals surface area contributed by atoms with E-state index in [1.165, 1.54) is 7.11 Å². The number of hydrogen-bond acceptors (Lipinski definition) is 8. The van der Waals surface area contributed by atoms with Crippen molar-refractivity contribution in [1.82, 2.24) is 9.97 Å². The number of aromatic nitrogens is 2. The van der Waals surface area contributed by atoms with Crippen LogP contribution in [0.3, 0.4) is 0 Å². The number of esters is 1. The molecule has 1 aromatic heterocycles. The number of ether oxygens (including phenoxy) is 1. The van der Waals surface area contributed by atoms with Crippen LogP contribution in [0.1, 0.15) is 27.7 Å². The third-order valence-electron chi connectivity index (χ3n) is 3.68. The van der Waals surface area contributed by atoms with Gasteiger partial charge in [0, 0.05) is 0 Å². The molecular weight excluding hydrogens is 278 g/mol.